The van der Waals surface area contributed by atoms with Crippen molar-refractivity contribution in [2.75, 3.05) is 13.1 Å². The van der Waals surface area contributed by atoms with Gasteiger partial charge in [0, 0.05) is 23.7 Å². The zero-order valence-corrected chi connectivity index (χ0v) is 22.5. The van der Waals surface area contributed by atoms with E-state index in [0.717, 1.165) is 62.9 Å². The Kier molecular flexibility index (Phi) is 7.88. The minimum atomic E-state index is -4.91. The van der Waals surface area contributed by atoms with Gasteiger partial charge >= 0.3 is 12.4 Å². The Morgan fingerprint density at radius 1 is 0.976 bits per heavy atom. The number of alkyl halides is 6. The SMILES string of the molecule is C=C(NCc1cc(C(F)(F)F)cc(C(F)(F)F)c1)C1(C2CC2C#N)CCC(N2CCC(c3ccc(F)cc3)CC2)C1. The predicted octanol–water partition coefficient (Wildman–Crippen LogP) is 8.04. The van der Waals surface area contributed by atoms with Gasteiger partial charge in [0.15, 0.2) is 0 Å². The highest BCUT2D eigenvalue weighted by atomic mass is 19.4. The fourth-order valence-corrected chi connectivity index (χ4v) is 6.98. The minimum Gasteiger partial charge on any atom is -0.384 e. The van der Waals surface area contributed by atoms with Gasteiger partial charge in [-0.1, -0.05) is 18.7 Å². The van der Waals surface area contributed by atoms with E-state index in [1.54, 1.807) is 0 Å². The molecule has 1 saturated heterocycles. The van der Waals surface area contributed by atoms with Crippen molar-refractivity contribution in [3.63, 3.8) is 0 Å². The van der Waals surface area contributed by atoms with Gasteiger partial charge in [-0.3, -0.25) is 0 Å². The lowest BCUT2D eigenvalue weighted by molar-refractivity contribution is -0.143. The van der Waals surface area contributed by atoms with Gasteiger partial charge in [-0.05, 0) is 105 Å². The molecule has 1 heterocycles. The zero-order chi connectivity index (χ0) is 29.6. The van der Waals surface area contributed by atoms with Gasteiger partial charge in [-0.15, -0.1) is 0 Å². The third kappa shape index (κ3) is 6.25. The standard InChI is InChI=1S/C31H32F7N3/c1-19(40-18-20-12-24(30(33,34)35)15-25(13-20)31(36,37)38)29(28-14-23(28)17-39)9-6-27(16-29)41-10-7-22(8-11-41)21-2-4-26(32)5-3-21/h2-5,12-13,15,22-23,27-28,40H,1,6-11,14,16,18H2. The molecule has 5 rings (SSSR count). The number of hydrogen-bond acceptors (Lipinski definition) is 3. The summed E-state index contributed by atoms with van der Waals surface area (Å²) in [5.74, 6) is 0.0189. The van der Waals surface area contributed by atoms with Gasteiger partial charge in [0.2, 0.25) is 0 Å². The van der Waals surface area contributed by atoms with Crippen LogP contribution >= 0.6 is 0 Å². The average molecular weight is 580 g/mol. The zero-order valence-electron chi connectivity index (χ0n) is 22.5. The highest BCUT2D eigenvalue weighted by molar-refractivity contribution is 5.34. The van der Waals surface area contributed by atoms with Crippen molar-refractivity contribution in [1.82, 2.24) is 10.2 Å². The fraction of sp³-hybridized carbons (Fsp3) is 0.516. The Morgan fingerprint density at radius 2 is 1.59 bits per heavy atom. The van der Waals surface area contributed by atoms with Crippen LogP contribution in [0, 0.1) is 34.4 Å². The van der Waals surface area contributed by atoms with Crippen LogP contribution in [0.5, 0.6) is 0 Å². The molecule has 1 N–H and O–H groups in total. The summed E-state index contributed by atoms with van der Waals surface area (Å²) < 4.78 is 93.4. The van der Waals surface area contributed by atoms with Crippen LogP contribution in [-0.2, 0) is 18.9 Å². The van der Waals surface area contributed by atoms with E-state index in [-0.39, 0.29) is 41.9 Å². The molecule has 4 unspecified atom stereocenters. The summed E-state index contributed by atoms with van der Waals surface area (Å²) in [6.07, 6.45) is -4.88. The summed E-state index contributed by atoms with van der Waals surface area (Å²) in [7, 11) is 0. The van der Waals surface area contributed by atoms with Gasteiger partial charge in [0.1, 0.15) is 5.82 Å². The number of rotatable bonds is 7. The first-order valence-electron chi connectivity index (χ1n) is 13.9. The summed E-state index contributed by atoms with van der Waals surface area (Å²) in [5, 5.41) is 12.7. The number of piperidine rings is 1. The maximum atomic E-state index is 13.3. The van der Waals surface area contributed by atoms with E-state index >= 15 is 0 Å². The van der Waals surface area contributed by atoms with Crippen molar-refractivity contribution in [3.05, 3.63) is 82.8 Å². The van der Waals surface area contributed by atoms with Crippen molar-refractivity contribution in [1.29, 1.82) is 5.26 Å². The third-order valence-electron chi connectivity index (χ3n) is 9.33. The second-order valence-corrected chi connectivity index (χ2v) is 11.7. The van der Waals surface area contributed by atoms with E-state index in [2.05, 4.69) is 22.9 Å². The van der Waals surface area contributed by atoms with E-state index in [0.29, 0.717) is 18.0 Å². The smallest absolute Gasteiger partial charge is 0.384 e. The lowest BCUT2D eigenvalue weighted by Gasteiger charge is -2.38. The Hall–Kier alpha value is -3.06. The number of hydrogen-bond donors (Lipinski definition) is 1. The Bertz CT molecular complexity index is 1270. The van der Waals surface area contributed by atoms with Crippen molar-refractivity contribution < 1.29 is 30.7 Å². The minimum absolute atomic E-state index is 0.0569. The lowest BCUT2D eigenvalue weighted by Crippen LogP contribution is -2.41. The van der Waals surface area contributed by atoms with Crippen LogP contribution in [0.4, 0.5) is 30.7 Å². The number of benzene rings is 2. The summed E-state index contributed by atoms with van der Waals surface area (Å²) in [5.41, 5.74) is -1.57. The molecule has 3 aliphatic rings. The molecule has 0 bridgehead atoms. The molecular weight excluding hydrogens is 547 g/mol. The number of allylic oxidation sites excluding steroid dienone is 1. The molecule has 2 aromatic carbocycles. The molecule has 2 aliphatic carbocycles. The first-order valence-corrected chi connectivity index (χ1v) is 13.9. The molecule has 0 amide bonds. The van der Waals surface area contributed by atoms with Crippen LogP contribution in [0.25, 0.3) is 0 Å². The predicted molar refractivity (Wildman–Crippen MR) is 140 cm³/mol. The van der Waals surface area contributed by atoms with Crippen molar-refractivity contribution >= 4 is 0 Å². The molecule has 220 valence electrons. The van der Waals surface area contributed by atoms with Crippen LogP contribution in [0.1, 0.15) is 66.7 Å². The third-order valence-corrected chi connectivity index (χ3v) is 9.33. The molecule has 0 radical (unpaired) electrons. The highest BCUT2D eigenvalue weighted by Gasteiger charge is 2.58. The lowest BCUT2D eigenvalue weighted by atomic mass is 9.76. The molecule has 41 heavy (non-hydrogen) atoms. The van der Waals surface area contributed by atoms with Gasteiger partial charge in [-0.2, -0.15) is 31.6 Å². The normalized spacial score (nSPS) is 27.4. The summed E-state index contributed by atoms with van der Waals surface area (Å²) in [4.78, 5) is 2.45. The first-order chi connectivity index (χ1) is 19.3. The molecule has 10 heteroatoms. The molecule has 4 atom stereocenters. The second-order valence-electron chi connectivity index (χ2n) is 11.7. The molecule has 2 aromatic rings. The Balaban J connectivity index is 1.28. The van der Waals surface area contributed by atoms with Crippen LogP contribution in [0.3, 0.4) is 0 Å². The monoisotopic (exact) mass is 579 g/mol. The van der Waals surface area contributed by atoms with E-state index in [9.17, 15) is 36.0 Å². The quantitative estimate of drug-likeness (QED) is 0.338. The van der Waals surface area contributed by atoms with Gasteiger partial charge in [-0.25, -0.2) is 4.39 Å². The maximum Gasteiger partial charge on any atom is 0.416 e. The second kappa shape index (κ2) is 11.0. The average Bonchev–Trinajstić information content (AvgIpc) is 3.60. The number of nitrogens with one attached hydrogen (secondary N) is 1. The number of nitrogens with zero attached hydrogens (tertiary/aromatic N) is 2. The van der Waals surface area contributed by atoms with E-state index in [4.69, 9.17) is 0 Å². The highest BCUT2D eigenvalue weighted by Crippen LogP contribution is 2.61. The molecule has 0 aromatic heterocycles. The largest absolute Gasteiger partial charge is 0.416 e. The summed E-state index contributed by atoms with van der Waals surface area (Å²) in [6.45, 7) is 5.74. The van der Waals surface area contributed by atoms with E-state index in [1.807, 2.05) is 12.1 Å². The molecule has 2 saturated carbocycles. The van der Waals surface area contributed by atoms with Crippen LogP contribution < -0.4 is 5.32 Å². The van der Waals surface area contributed by atoms with Gasteiger partial charge in [0.25, 0.3) is 0 Å². The van der Waals surface area contributed by atoms with Crippen LogP contribution in [0.2, 0.25) is 0 Å². The summed E-state index contributed by atoms with van der Waals surface area (Å²) in [6, 6.07) is 10.8. The van der Waals surface area contributed by atoms with Gasteiger partial charge in [0.05, 0.1) is 23.1 Å². The molecule has 3 nitrogen and oxygen atoms in total. The molecule has 3 fully saturated rings. The Labute approximate surface area is 235 Å². The number of likely N-dealkylation sites (tertiary alicyclic amines) is 1. The maximum absolute atomic E-state index is 13.3. The first kappa shape index (κ1) is 29.4. The number of halogens is 7. The van der Waals surface area contributed by atoms with Crippen LogP contribution in [0.15, 0.2) is 54.7 Å². The van der Waals surface area contributed by atoms with Crippen molar-refractivity contribution in [2.24, 2.45) is 17.3 Å². The summed E-state index contributed by atoms with van der Waals surface area (Å²) >= 11 is 0. The van der Waals surface area contributed by atoms with E-state index < -0.39 is 28.9 Å². The van der Waals surface area contributed by atoms with Crippen molar-refractivity contribution in [3.8, 4) is 6.07 Å². The topological polar surface area (TPSA) is 39.1 Å². The fourth-order valence-electron chi connectivity index (χ4n) is 6.98. The molecule has 0 spiro atoms. The Morgan fingerprint density at radius 3 is 2.12 bits per heavy atom. The van der Waals surface area contributed by atoms with Gasteiger partial charge < -0.3 is 10.2 Å². The number of nitriles is 1. The van der Waals surface area contributed by atoms with Crippen molar-refractivity contribution in [2.45, 2.75) is 69.4 Å². The molecular formula is C31H32F7N3. The van der Waals surface area contributed by atoms with E-state index in [1.165, 1.54) is 12.1 Å². The van der Waals surface area contributed by atoms with Crippen LogP contribution in [-0.4, -0.2) is 24.0 Å². The molecule has 1 aliphatic heterocycles.